The number of aromatic nitrogens is 3. The Hall–Kier alpha value is -3.00. The molecule has 3 aromatic rings. The average molecular weight is 521 g/mol. The van der Waals surface area contributed by atoms with Gasteiger partial charge in [0.1, 0.15) is 30.0 Å². The van der Waals surface area contributed by atoms with Crippen LogP contribution in [0.3, 0.4) is 0 Å². The van der Waals surface area contributed by atoms with E-state index in [0.29, 0.717) is 28.6 Å². The summed E-state index contributed by atoms with van der Waals surface area (Å²) in [4.78, 5) is 13.1. The van der Waals surface area contributed by atoms with Crippen LogP contribution in [0.15, 0.2) is 36.8 Å². The maximum atomic E-state index is 12.1. The van der Waals surface area contributed by atoms with Crippen molar-refractivity contribution in [1.82, 2.24) is 19.3 Å². The fourth-order valence-corrected chi connectivity index (χ4v) is 5.42. The number of pyridine rings is 1. The lowest BCUT2D eigenvalue weighted by molar-refractivity contribution is 0.0327. The van der Waals surface area contributed by atoms with Crippen molar-refractivity contribution in [2.45, 2.75) is 19.1 Å². The number of methoxy groups -OCH3 is 1. The maximum Gasteiger partial charge on any atom is 0.238 e. The number of ether oxygens (including phenoxy) is 2. The summed E-state index contributed by atoms with van der Waals surface area (Å²) in [7, 11) is -4.30. The predicted molar refractivity (Wildman–Crippen MR) is 138 cm³/mol. The minimum absolute atomic E-state index is 0.158. The molecule has 0 aliphatic carbocycles. The molecule has 0 saturated carbocycles. The summed E-state index contributed by atoms with van der Waals surface area (Å²) in [6, 6.07) is 7.19. The summed E-state index contributed by atoms with van der Waals surface area (Å²) in [5.41, 5.74) is 2.71. The Bertz CT molecular complexity index is 1460. The van der Waals surface area contributed by atoms with E-state index < -0.39 is 31.9 Å². The molecule has 13 heteroatoms. The molecule has 1 aliphatic rings. The first kappa shape index (κ1) is 25.1. The molecule has 2 N–H and O–H groups in total. The van der Waals surface area contributed by atoms with Gasteiger partial charge in [-0.05, 0) is 42.6 Å². The van der Waals surface area contributed by atoms with Crippen molar-refractivity contribution >= 4 is 53.7 Å². The van der Waals surface area contributed by atoms with Crippen LogP contribution in [0.1, 0.15) is 5.56 Å². The van der Waals surface area contributed by atoms with Crippen LogP contribution >= 0.6 is 0 Å². The molecular formula is C22H28N6O5S2. The quantitative estimate of drug-likeness (QED) is 0.426. The summed E-state index contributed by atoms with van der Waals surface area (Å²) in [6.45, 7) is 2.27. The Morgan fingerprint density at radius 3 is 2.54 bits per heavy atom. The molecule has 35 heavy (non-hydrogen) atoms. The standard InChI is InChI=1S/C22H28N6O5S2/c1-14-9-15(27-34(3,4)29)10-17-20(14)21(25-13-24-17)26-16-7-6-8-23-22(16)33-19-12-28(35(5,30)31)11-18(19)32-2/h6-10,13,18-19H,3,11-12H2,1-2,4-5H3,(H,27,29)(H,24,25,26). The first-order valence-corrected chi connectivity index (χ1v) is 14.6. The van der Waals surface area contributed by atoms with E-state index in [9.17, 15) is 12.6 Å². The number of benzene rings is 1. The fourth-order valence-electron chi connectivity index (χ4n) is 3.97. The Labute approximate surface area is 205 Å². The van der Waals surface area contributed by atoms with Crippen LogP contribution in [0.25, 0.3) is 10.9 Å². The van der Waals surface area contributed by atoms with Crippen molar-refractivity contribution in [3.63, 3.8) is 0 Å². The largest absolute Gasteiger partial charge is 0.469 e. The topological polar surface area (TPSA) is 136 Å². The fraction of sp³-hybridized carbons (Fsp3) is 0.364. The summed E-state index contributed by atoms with van der Waals surface area (Å²) in [5, 5.41) is 4.05. The van der Waals surface area contributed by atoms with E-state index in [1.54, 1.807) is 24.4 Å². The van der Waals surface area contributed by atoms with E-state index >= 15 is 0 Å². The minimum Gasteiger partial charge on any atom is -0.469 e. The third-order valence-electron chi connectivity index (χ3n) is 5.51. The van der Waals surface area contributed by atoms with E-state index in [4.69, 9.17) is 9.47 Å². The summed E-state index contributed by atoms with van der Waals surface area (Å²) in [6.07, 6.45) is 4.74. The van der Waals surface area contributed by atoms with Gasteiger partial charge in [0, 0.05) is 46.9 Å². The predicted octanol–water partition coefficient (Wildman–Crippen LogP) is 1.79. The highest BCUT2D eigenvalue weighted by Gasteiger charge is 2.39. The molecular weight excluding hydrogens is 492 g/mol. The van der Waals surface area contributed by atoms with E-state index in [2.05, 4.69) is 30.9 Å². The third kappa shape index (κ3) is 5.81. The molecule has 0 spiro atoms. The van der Waals surface area contributed by atoms with Crippen molar-refractivity contribution < 1.29 is 22.1 Å². The van der Waals surface area contributed by atoms with Gasteiger partial charge in [0.15, 0.2) is 0 Å². The SMILES string of the molecule is C=S(C)(=O)Nc1cc(C)c2c(Nc3cccnc3OC3CN(S(C)(=O)=O)CC3OC)ncnc2c1. The summed E-state index contributed by atoms with van der Waals surface area (Å²) in [5.74, 6) is 4.47. The van der Waals surface area contributed by atoms with Crippen LogP contribution < -0.4 is 14.8 Å². The Morgan fingerprint density at radius 2 is 1.86 bits per heavy atom. The van der Waals surface area contributed by atoms with Gasteiger partial charge in [-0.3, -0.25) is 0 Å². The van der Waals surface area contributed by atoms with Crippen LogP contribution in [0.5, 0.6) is 5.88 Å². The summed E-state index contributed by atoms with van der Waals surface area (Å²) < 4.78 is 51.9. The van der Waals surface area contributed by atoms with Gasteiger partial charge in [0.05, 0.1) is 18.3 Å². The van der Waals surface area contributed by atoms with Gasteiger partial charge in [0.2, 0.25) is 15.9 Å². The van der Waals surface area contributed by atoms with Gasteiger partial charge in [-0.25, -0.2) is 27.6 Å². The monoisotopic (exact) mass is 520 g/mol. The second-order valence-corrected chi connectivity index (χ2v) is 12.7. The molecule has 11 nitrogen and oxygen atoms in total. The molecule has 1 fully saturated rings. The number of fused-ring (bicyclic) bond motifs is 1. The highest BCUT2D eigenvalue weighted by Crippen LogP contribution is 2.33. The van der Waals surface area contributed by atoms with Crippen LogP contribution in [0, 0.1) is 6.92 Å². The van der Waals surface area contributed by atoms with E-state index in [-0.39, 0.29) is 13.1 Å². The molecule has 1 aliphatic heterocycles. The first-order valence-electron chi connectivity index (χ1n) is 10.7. The lowest BCUT2D eigenvalue weighted by Crippen LogP contribution is -2.32. The zero-order valence-corrected chi connectivity index (χ0v) is 21.5. The Kier molecular flexibility index (Phi) is 6.86. The molecule has 1 saturated heterocycles. The number of hydrogen-bond acceptors (Lipinski definition) is 9. The highest BCUT2D eigenvalue weighted by atomic mass is 32.2. The molecule has 3 unspecified atom stereocenters. The van der Waals surface area contributed by atoms with Gasteiger partial charge in [0.25, 0.3) is 0 Å². The Balaban J connectivity index is 1.64. The molecule has 0 radical (unpaired) electrons. The van der Waals surface area contributed by atoms with Crippen LogP contribution in [0.2, 0.25) is 0 Å². The van der Waals surface area contributed by atoms with Gasteiger partial charge in [-0.2, -0.15) is 4.31 Å². The van der Waals surface area contributed by atoms with Crippen molar-refractivity contribution in [1.29, 1.82) is 0 Å². The molecule has 0 bridgehead atoms. The number of anilines is 3. The molecule has 1 aromatic carbocycles. The van der Waals surface area contributed by atoms with E-state index in [1.807, 2.05) is 13.0 Å². The molecule has 2 aromatic heterocycles. The number of sulfonamides is 1. The van der Waals surface area contributed by atoms with E-state index in [0.717, 1.165) is 17.2 Å². The number of aryl methyl sites for hydroxylation is 1. The van der Waals surface area contributed by atoms with Crippen LogP contribution in [-0.2, 0) is 24.5 Å². The molecule has 188 valence electrons. The number of rotatable bonds is 8. The zero-order valence-electron chi connectivity index (χ0n) is 19.9. The minimum atomic E-state index is -3.38. The van der Waals surface area contributed by atoms with E-state index in [1.165, 1.54) is 24.0 Å². The number of nitrogens with one attached hydrogen (secondary N) is 2. The Morgan fingerprint density at radius 1 is 1.11 bits per heavy atom. The first-order chi connectivity index (χ1) is 16.4. The molecule has 3 atom stereocenters. The van der Waals surface area contributed by atoms with Crippen LogP contribution in [0.4, 0.5) is 17.2 Å². The highest BCUT2D eigenvalue weighted by molar-refractivity contribution is 8.00. The normalized spacial score (nSPS) is 20.5. The third-order valence-corrected chi connectivity index (χ3v) is 7.41. The number of nitrogens with zero attached hydrogens (tertiary/aromatic N) is 4. The van der Waals surface area contributed by atoms with Gasteiger partial charge < -0.3 is 19.5 Å². The van der Waals surface area contributed by atoms with Crippen molar-refractivity contribution in [2.24, 2.45) is 0 Å². The molecule has 4 rings (SSSR count). The van der Waals surface area contributed by atoms with Crippen molar-refractivity contribution in [3.05, 3.63) is 42.4 Å². The van der Waals surface area contributed by atoms with Gasteiger partial charge in [-0.15, -0.1) is 0 Å². The zero-order chi connectivity index (χ0) is 25.4. The second-order valence-electron chi connectivity index (χ2n) is 8.51. The van der Waals surface area contributed by atoms with Crippen LogP contribution in [-0.4, -0.2) is 82.7 Å². The smallest absolute Gasteiger partial charge is 0.238 e. The lowest BCUT2D eigenvalue weighted by atomic mass is 10.1. The van der Waals surface area contributed by atoms with Crippen molar-refractivity contribution in [2.75, 3.05) is 42.7 Å². The number of hydrogen-bond donors (Lipinski definition) is 2. The molecule has 3 heterocycles. The van der Waals surface area contributed by atoms with Gasteiger partial charge >= 0.3 is 0 Å². The molecule has 0 amide bonds. The summed E-state index contributed by atoms with van der Waals surface area (Å²) >= 11 is 0. The van der Waals surface area contributed by atoms with Gasteiger partial charge in [-0.1, -0.05) is 0 Å². The maximum absolute atomic E-state index is 12.1. The van der Waals surface area contributed by atoms with Crippen molar-refractivity contribution in [3.8, 4) is 5.88 Å². The second kappa shape index (κ2) is 9.57. The lowest BCUT2D eigenvalue weighted by Gasteiger charge is -2.20. The average Bonchev–Trinajstić information content (AvgIpc) is 3.17.